The molecule has 0 saturated heterocycles. The van der Waals surface area contributed by atoms with Gasteiger partial charge in [0.1, 0.15) is 0 Å². The summed E-state index contributed by atoms with van der Waals surface area (Å²) in [6.07, 6.45) is 1.45. The van der Waals surface area contributed by atoms with Crippen molar-refractivity contribution in [2.75, 3.05) is 7.05 Å². The summed E-state index contributed by atoms with van der Waals surface area (Å²) in [7, 11) is -2.73. The van der Waals surface area contributed by atoms with Gasteiger partial charge in [-0.3, -0.25) is 4.79 Å². The van der Waals surface area contributed by atoms with Gasteiger partial charge in [0.2, 0.25) is 21.4 Å². The Labute approximate surface area is 133 Å². The minimum atomic E-state index is -3.93. The van der Waals surface area contributed by atoms with Crippen molar-refractivity contribution in [3.63, 3.8) is 0 Å². The summed E-state index contributed by atoms with van der Waals surface area (Å²) in [6, 6.07) is 9.08. The highest BCUT2D eigenvalue weighted by Crippen LogP contribution is 2.29. The SMILES string of the molecule is CN1C(C(=O)[N+]c2ccccn2)C(=O)c2ccccc2S1(=O)=O. The average Bonchev–Trinajstić information content (AvgIpc) is 2.54. The van der Waals surface area contributed by atoms with Crippen LogP contribution < -0.4 is 5.32 Å². The summed E-state index contributed by atoms with van der Waals surface area (Å²) in [5.74, 6) is -1.34. The molecule has 2 aromatic rings. The standard InChI is InChI=1S/C15H12N3O4S/c1-18-13(15(20)17-12-8-4-5-9-16-12)14(19)10-6-2-3-7-11(10)23(18,21)22/h2-9,13H,1H3/q+1. The van der Waals surface area contributed by atoms with Gasteiger partial charge in [0, 0.05) is 24.9 Å². The molecule has 1 atom stereocenters. The minimum absolute atomic E-state index is 0.000158. The lowest BCUT2D eigenvalue weighted by Crippen LogP contribution is -2.53. The van der Waals surface area contributed by atoms with Crippen LogP contribution in [0.5, 0.6) is 0 Å². The predicted molar refractivity (Wildman–Crippen MR) is 80.5 cm³/mol. The Morgan fingerprint density at radius 3 is 2.57 bits per heavy atom. The molecule has 2 heterocycles. The monoisotopic (exact) mass is 330 g/mol. The highest BCUT2D eigenvalue weighted by atomic mass is 32.2. The summed E-state index contributed by atoms with van der Waals surface area (Å²) in [4.78, 5) is 28.7. The normalized spacial score (nSPS) is 20.0. The number of benzene rings is 1. The fraction of sp³-hybridized carbons (Fsp3) is 0.133. The van der Waals surface area contributed by atoms with Gasteiger partial charge in [0.15, 0.2) is 5.78 Å². The van der Waals surface area contributed by atoms with E-state index < -0.39 is 27.8 Å². The average molecular weight is 330 g/mol. The van der Waals surface area contributed by atoms with Crippen LogP contribution in [-0.4, -0.2) is 42.5 Å². The van der Waals surface area contributed by atoms with Gasteiger partial charge >= 0.3 is 11.7 Å². The van der Waals surface area contributed by atoms with Crippen LogP contribution in [0.4, 0.5) is 5.82 Å². The van der Waals surface area contributed by atoms with Crippen LogP contribution in [0, 0.1) is 0 Å². The smallest absolute Gasteiger partial charge is 0.292 e. The van der Waals surface area contributed by atoms with Crippen molar-refractivity contribution in [1.82, 2.24) is 14.6 Å². The molecule has 7 nitrogen and oxygen atoms in total. The van der Waals surface area contributed by atoms with Gasteiger partial charge in [-0.25, -0.2) is 13.2 Å². The molecule has 0 spiro atoms. The predicted octanol–water partition coefficient (Wildman–Crippen LogP) is 0.730. The molecule has 1 aromatic heterocycles. The number of hydrogen-bond donors (Lipinski definition) is 0. The number of Topliss-reactive ketones (excluding diaryl/α,β-unsaturated/α-hetero) is 1. The molecular weight excluding hydrogens is 318 g/mol. The van der Waals surface area contributed by atoms with Crippen molar-refractivity contribution in [3.05, 3.63) is 54.2 Å². The first kappa shape index (κ1) is 15.5. The van der Waals surface area contributed by atoms with Crippen molar-refractivity contribution in [2.45, 2.75) is 10.9 Å². The van der Waals surface area contributed by atoms with Gasteiger partial charge in [0.05, 0.1) is 4.90 Å². The molecule has 2 radical (unpaired) electrons. The molecule has 1 aliphatic rings. The van der Waals surface area contributed by atoms with Crippen molar-refractivity contribution < 1.29 is 18.0 Å². The van der Waals surface area contributed by atoms with E-state index in [-0.39, 0.29) is 16.3 Å². The molecule has 0 N–H and O–H groups in total. The van der Waals surface area contributed by atoms with Crippen LogP contribution in [-0.2, 0) is 14.8 Å². The van der Waals surface area contributed by atoms with E-state index >= 15 is 0 Å². The van der Waals surface area contributed by atoms with Gasteiger partial charge in [-0.2, -0.15) is 9.29 Å². The van der Waals surface area contributed by atoms with Gasteiger partial charge in [0.25, 0.3) is 0 Å². The zero-order valence-electron chi connectivity index (χ0n) is 12.1. The van der Waals surface area contributed by atoms with Crippen molar-refractivity contribution in [1.29, 1.82) is 0 Å². The number of aromatic nitrogens is 1. The fourth-order valence-corrected chi connectivity index (χ4v) is 3.83. The number of sulfonamides is 1. The van der Waals surface area contributed by atoms with Crippen LogP contribution >= 0.6 is 0 Å². The number of rotatable bonds is 2. The first-order valence-electron chi connectivity index (χ1n) is 6.71. The molecule has 0 bridgehead atoms. The topological polar surface area (TPSA) is 98.5 Å². The Morgan fingerprint density at radius 2 is 1.87 bits per heavy atom. The molecule has 0 saturated carbocycles. The van der Waals surface area contributed by atoms with Crippen LogP contribution in [0.1, 0.15) is 10.4 Å². The van der Waals surface area contributed by atoms with Crippen LogP contribution in [0.2, 0.25) is 0 Å². The third-order valence-electron chi connectivity index (χ3n) is 3.53. The highest BCUT2D eigenvalue weighted by molar-refractivity contribution is 7.89. The largest absolute Gasteiger partial charge is 0.455 e. The Balaban J connectivity index is 2.01. The third-order valence-corrected chi connectivity index (χ3v) is 5.41. The van der Waals surface area contributed by atoms with E-state index in [9.17, 15) is 18.0 Å². The van der Waals surface area contributed by atoms with E-state index in [0.717, 1.165) is 4.31 Å². The zero-order valence-corrected chi connectivity index (χ0v) is 12.9. The highest BCUT2D eigenvalue weighted by Gasteiger charge is 2.50. The summed E-state index contributed by atoms with van der Waals surface area (Å²) < 4.78 is 25.7. The second-order valence-corrected chi connectivity index (χ2v) is 6.89. The number of amides is 1. The van der Waals surface area contributed by atoms with Gasteiger partial charge in [-0.15, -0.1) is 0 Å². The number of fused-ring (bicyclic) bond motifs is 1. The molecule has 0 fully saturated rings. The maximum Gasteiger partial charge on any atom is 0.455 e. The van der Waals surface area contributed by atoms with Gasteiger partial charge < -0.3 is 0 Å². The lowest BCUT2D eigenvalue weighted by Gasteiger charge is -2.27. The van der Waals surface area contributed by atoms with E-state index in [1.807, 2.05) is 0 Å². The number of nitrogens with zero attached hydrogens (tertiary/aromatic N) is 3. The maximum atomic E-state index is 12.5. The van der Waals surface area contributed by atoms with Gasteiger partial charge in [-0.1, -0.05) is 18.2 Å². The first-order chi connectivity index (χ1) is 10.9. The van der Waals surface area contributed by atoms with E-state index in [4.69, 9.17) is 0 Å². The van der Waals surface area contributed by atoms with Gasteiger partial charge in [-0.05, 0) is 18.2 Å². The molecular formula is C15H12N3O4S+. The maximum absolute atomic E-state index is 12.5. The Hall–Kier alpha value is -2.42. The second kappa shape index (κ2) is 5.65. The summed E-state index contributed by atoms with van der Waals surface area (Å²) in [5.41, 5.74) is 0.000158. The van der Waals surface area contributed by atoms with Crippen molar-refractivity contribution >= 4 is 27.5 Å². The van der Waals surface area contributed by atoms with Crippen molar-refractivity contribution in [2.24, 2.45) is 0 Å². The molecule has 1 aromatic carbocycles. The quantitative estimate of drug-likeness (QED) is 0.756. The number of carbonyl (C=O) groups is 2. The Bertz CT molecular complexity index is 881. The van der Waals surface area contributed by atoms with E-state index in [1.165, 1.54) is 37.5 Å². The lowest BCUT2D eigenvalue weighted by molar-refractivity contribution is -0.122. The zero-order chi connectivity index (χ0) is 16.6. The molecule has 0 aliphatic carbocycles. The van der Waals surface area contributed by atoms with Crippen LogP contribution in [0.3, 0.4) is 0 Å². The van der Waals surface area contributed by atoms with E-state index in [0.29, 0.717) is 0 Å². The third kappa shape index (κ3) is 2.56. The Morgan fingerprint density at radius 1 is 1.17 bits per heavy atom. The number of hydrogen-bond acceptors (Lipinski definition) is 5. The van der Waals surface area contributed by atoms with E-state index in [2.05, 4.69) is 10.3 Å². The number of ketones is 1. The molecule has 116 valence electrons. The minimum Gasteiger partial charge on any atom is -0.292 e. The van der Waals surface area contributed by atoms with E-state index in [1.54, 1.807) is 18.2 Å². The van der Waals surface area contributed by atoms with Crippen LogP contribution in [0.25, 0.3) is 0 Å². The summed E-state index contributed by atoms with van der Waals surface area (Å²) in [6.45, 7) is 0. The molecule has 1 amide bonds. The molecule has 3 rings (SSSR count). The number of likely N-dealkylation sites (N-methyl/N-ethyl adjacent to an activating group) is 1. The molecule has 1 aliphatic heterocycles. The fourth-order valence-electron chi connectivity index (χ4n) is 2.36. The number of carbonyl (C=O) groups excluding carboxylic acids is 2. The molecule has 23 heavy (non-hydrogen) atoms. The lowest BCUT2D eigenvalue weighted by atomic mass is 10.0. The molecule has 1 unspecified atom stereocenters. The number of pyridine rings is 1. The van der Waals surface area contributed by atoms with Crippen molar-refractivity contribution in [3.8, 4) is 0 Å². The second-order valence-electron chi connectivity index (χ2n) is 4.92. The molecule has 8 heteroatoms. The summed E-state index contributed by atoms with van der Waals surface area (Å²) >= 11 is 0. The first-order valence-corrected chi connectivity index (χ1v) is 8.15. The summed E-state index contributed by atoms with van der Waals surface area (Å²) in [5, 5.41) is 3.75. The van der Waals surface area contributed by atoms with Crippen LogP contribution in [0.15, 0.2) is 53.6 Å². The Kier molecular flexibility index (Phi) is 3.80.